The summed E-state index contributed by atoms with van der Waals surface area (Å²) in [7, 11) is 0. The van der Waals surface area contributed by atoms with Crippen molar-refractivity contribution in [3.8, 4) is 0 Å². The van der Waals surface area contributed by atoms with Crippen LogP contribution in [0.3, 0.4) is 0 Å². The van der Waals surface area contributed by atoms with Crippen LogP contribution in [0, 0.1) is 11.6 Å². The SMILES string of the molecule is O=C1CN(C(=O)c2cc3cc(F)cc(F)c3o2)CCN1CCCN1CCC2(CC1)SCc1ccccc12. The molecule has 37 heavy (non-hydrogen) atoms. The Kier molecular flexibility index (Phi) is 6.44. The summed E-state index contributed by atoms with van der Waals surface area (Å²) >= 11 is 2.09. The van der Waals surface area contributed by atoms with E-state index >= 15 is 0 Å². The number of benzene rings is 2. The Bertz CT molecular complexity index is 1350. The third-order valence-corrected chi connectivity index (χ3v) is 9.57. The average Bonchev–Trinajstić information content (AvgIpc) is 3.48. The normalized spacial score (nSPS) is 19.7. The first kappa shape index (κ1) is 24.4. The van der Waals surface area contributed by atoms with Crippen LogP contribution in [0.4, 0.5) is 8.78 Å². The summed E-state index contributed by atoms with van der Waals surface area (Å²) in [5, 5.41) is 0.185. The smallest absolute Gasteiger partial charge is 0.290 e. The van der Waals surface area contributed by atoms with Crippen molar-refractivity contribution in [2.75, 3.05) is 45.8 Å². The monoisotopic (exact) mass is 525 g/mol. The van der Waals surface area contributed by atoms with Crippen LogP contribution in [0.5, 0.6) is 0 Å². The number of amides is 2. The Labute approximate surface area is 218 Å². The van der Waals surface area contributed by atoms with E-state index < -0.39 is 17.5 Å². The van der Waals surface area contributed by atoms with Gasteiger partial charge >= 0.3 is 0 Å². The Morgan fingerprint density at radius 1 is 1.03 bits per heavy atom. The second-order valence-corrected chi connectivity index (χ2v) is 11.5. The van der Waals surface area contributed by atoms with Gasteiger partial charge in [-0.3, -0.25) is 9.59 Å². The first-order valence-electron chi connectivity index (χ1n) is 12.8. The van der Waals surface area contributed by atoms with Crippen LogP contribution >= 0.6 is 11.8 Å². The van der Waals surface area contributed by atoms with Crippen molar-refractivity contribution in [2.24, 2.45) is 0 Å². The molecule has 2 saturated heterocycles. The number of likely N-dealkylation sites (tertiary alicyclic amines) is 1. The number of piperazine rings is 1. The number of nitrogens with zero attached hydrogens (tertiary/aromatic N) is 3. The molecule has 0 radical (unpaired) electrons. The molecule has 3 aliphatic heterocycles. The molecule has 0 bridgehead atoms. The number of carbonyl (C=O) groups excluding carboxylic acids is 2. The van der Waals surface area contributed by atoms with Gasteiger partial charge < -0.3 is 19.1 Å². The predicted octanol–water partition coefficient (Wildman–Crippen LogP) is 4.62. The van der Waals surface area contributed by atoms with Gasteiger partial charge in [-0.15, -0.1) is 11.8 Å². The first-order valence-corrected chi connectivity index (χ1v) is 13.8. The maximum Gasteiger partial charge on any atom is 0.290 e. The molecule has 2 aromatic carbocycles. The largest absolute Gasteiger partial charge is 0.448 e. The summed E-state index contributed by atoms with van der Waals surface area (Å²) in [6, 6.07) is 12.0. The molecule has 6 rings (SSSR count). The highest BCUT2D eigenvalue weighted by Crippen LogP contribution is 2.53. The van der Waals surface area contributed by atoms with E-state index in [1.54, 1.807) is 0 Å². The van der Waals surface area contributed by atoms with E-state index in [2.05, 4.69) is 40.9 Å². The minimum Gasteiger partial charge on any atom is -0.448 e. The molecule has 2 fully saturated rings. The van der Waals surface area contributed by atoms with Crippen molar-refractivity contribution in [1.82, 2.24) is 14.7 Å². The van der Waals surface area contributed by atoms with Gasteiger partial charge in [0, 0.05) is 41.6 Å². The Balaban J connectivity index is 0.979. The molecule has 0 aliphatic carbocycles. The molecular weight excluding hydrogens is 496 g/mol. The summed E-state index contributed by atoms with van der Waals surface area (Å²) in [6.45, 7) is 4.53. The van der Waals surface area contributed by atoms with Crippen LogP contribution in [0.25, 0.3) is 11.0 Å². The number of hydrogen-bond acceptors (Lipinski definition) is 5. The topological polar surface area (TPSA) is 57.0 Å². The fourth-order valence-electron chi connectivity index (χ4n) is 5.88. The summed E-state index contributed by atoms with van der Waals surface area (Å²) in [4.78, 5) is 31.3. The zero-order valence-corrected chi connectivity index (χ0v) is 21.4. The molecule has 0 atom stereocenters. The van der Waals surface area contributed by atoms with Crippen molar-refractivity contribution in [3.05, 3.63) is 71.0 Å². The van der Waals surface area contributed by atoms with Gasteiger partial charge in [0.05, 0.1) is 0 Å². The van der Waals surface area contributed by atoms with Crippen molar-refractivity contribution in [2.45, 2.75) is 29.8 Å². The summed E-state index contributed by atoms with van der Waals surface area (Å²) in [5.41, 5.74) is 2.85. The zero-order valence-electron chi connectivity index (χ0n) is 20.6. The average molecular weight is 526 g/mol. The van der Waals surface area contributed by atoms with Crippen LogP contribution < -0.4 is 0 Å². The summed E-state index contributed by atoms with van der Waals surface area (Å²) in [6.07, 6.45) is 3.21. The third-order valence-electron chi connectivity index (χ3n) is 7.93. The highest BCUT2D eigenvalue weighted by Gasteiger charge is 2.41. The lowest BCUT2D eigenvalue weighted by Gasteiger charge is -2.40. The van der Waals surface area contributed by atoms with E-state index in [1.165, 1.54) is 22.1 Å². The van der Waals surface area contributed by atoms with Gasteiger partial charge in [-0.25, -0.2) is 8.78 Å². The quantitative estimate of drug-likeness (QED) is 0.487. The van der Waals surface area contributed by atoms with Gasteiger partial charge in [-0.2, -0.15) is 0 Å². The van der Waals surface area contributed by atoms with Crippen molar-refractivity contribution in [1.29, 1.82) is 0 Å². The molecule has 0 unspecified atom stereocenters. The molecule has 1 spiro atoms. The van der Waals surface area contributed by atoms with Gasteiger partial charge in [0.25, 0.3) is 5.91 Å². The molecule has 0 saturated carbocycles. The number of thioether (sulfide) groups is 1. The molecule has 3 aliphatic rings. The van der Waals surface area contributed by atoms with E-state index in [0.29, 0.717) is 19.6 Å². The van der Waals surface area contributed by atoms with Gasteiger partial charge in [0.15, 0.2) is 17.2 Å². The highest BCUT2D eigenvalue weighted by atomic mass is 32.2. The van der Waals surface area contributed by atoms with Crippen molar-refractivity contribution >= 4 is 34.5 Å². The third kappa shape index (κ3) is 4.63. The molecule has 194 valence electrons. The van der Waals surface area contributed by atoms with E-state index in [0.717, 1.165) is 56.8 Å². The van der Waals surface area contributed by atoms with Crippen LogP contribution in [-0.2, 0) is 15.3 Å². The van der Waals surface area contributed by atoms with Crippen molar-refractivity contribution < 1.29 is 22.8 Å². The first-order chi connectivity index (χ1) is 17.9. The van der Waals surface area contributed by atoms with Gasteiger partial charge in [-0.1, -0.05) is 24.3 Å². The van der Waals surface area contributed by atoms with E-state index in [9.17, 15) is 18.4 Å². The molecular formula is C28H29F2N3O3S. The molecule has 4 heterocycles. The number of piperidine rings is 1. The predicted molar refractivity (Wildman–Crippen MR) is 138 cm³/mol. The number of carbonyl (C=O) groups is 2. The summed E-state index contributed by atoms with van der Waals surface area (Å²) < 4.78 is 33.0. The standard InChI is InChI=1S/C28H29F2N3O3S/c29-21-14-20-15-24(36-26(20)23(30)16-21)27(35)33-13-12-32(25(34)17-33)9-3-8-31-10-6-28(7-11-31)22-5-2-1-4-19(22)18-37-28/h1-2,4-5,14-16H,3,6-13,17-18H2. The number of halogens is 2. The van der Waals surface area contributed by atoms with Gasteiger partial charge in [0.1, 0.15) is 12.4 Å². The number of rotatable bonds is 5. The molecule has 1 aromatic heterocycles. The minimum absolute atomic E-state index is 0.0460. The van der Waals surface area contributed by atoms with Crippen molar-refractivity contribution in [3.63, 3.8) is 0 Å². The number of hydrogen-bond donors (Lipinski definition) is 0. The Morgan fingerprint density at radius 2 is 1.84 bits per heavy atom. The van der Waals surface area contributed by atoms with Gasteiger partial charge in [0.2, 0.25) is 5.91 Å². The Morgan fingerprint density at radius 3 is 2.65 bits per heavy atom. The lowest BCUT2D eigenvalue weighted by molar-refractivity contribution is -0.135. The number of furan rings is 1. The Hall–Kier alpha value is -2.91. The maximum absolute atomic E-state index is 13.9. The van der Waals surface area contributed by atoms with E-state index in [1.807, 2.05) is 4.90 Å². The summed E-state index contributed by atoms with van der Waals surface area (Å²) in [5.74, 6) is -1.17. The molecule has 9 heteroatoms. The van der Waals surface area contributed by atoms with E-state index in [4.69, 9.17) is 4.42 Å². The lowest BCUT2D eigenvalue weighted by Crippen LogP contribution is -2.52. The van der Waals surface area contributed by atoms with E-state index in [-0.39, 0.29) is 33.9 Å². The maximum atomic E-state index is 13.9. The molecule has 6 nitrogen and oxygen atoms in total. The lowest BCUT2D eigenvalue weighted by atomic mass is 9.86. The van der Waals surface area contributed by atoms with Crippen LogP contribution in [0.2, 0.25) is 0 Å². The molecule has 3 aromatic rings. The fourth-order valence-corrected chi connectivity index (χ4v) is 7.39. The van der Waals surface area contributed by atoms with Crippen LogP contribution in [-0.4, -0.2) is 72.3 Å². The van der Waals surface area contributed by atoms with Gasteiger partial charge in [-0.05, 0) is 62.2 Å². The minimum atomic E-state index is -0.856. The fraction of sp³-hybridized carbons (Fsp3) is 0.429. The molecule has 2 amide bonds. The second kappa shape index (κ2) is 9.76. The van der Waals surface area contributed by atoms with Crippen LogP contribution in [0.1, 0.15) is 40.9 Å². The zero-order chi connectivity index (χ0) is 25.6. The second-order valence-electron chi connectivity index (χ2n) is 10.2. The van der Waals surface area contributed by atoms with Crippen LogP contribution in [0.15, 0.2) is 46.9 Å². The highest BCUT2D eigenvalue weighted by molar-refractivity contribution is 7.99. The number of fused-ring (bicyclic) bond motifs is 3. The molecule has 0 N–H and O–H groups in total.